The van der Waals surface area contributed by atoms with E-state index in [-0.39, 0.29) is 0 Å². The Hall–Kier alpha value is -8.40. The Balaban J connectivity index is 1.08. The van der Waals surface area contributed by atoms with Gasteiger partial charge in [0, 0.05) is 27.3 Å². The van der Waals surface area contributed by atoms with Gasteiger partial charge in [-0.2, -0.15) is 0 Å². The van der Waals surface area contributed by atoms with Gasteiger partial charge in [0.05, 0.1) is 33.1 Å². The van der Waals surface area contributed by atoms with Crippen molar-refractivity contribution in [2.24, 2.45) is 0 Å². The zero-order valence-corrected chi connectivity index (χ0v) is 35.2. The van der Waals surface area contributed by atoms with Crippen LogP contribution < -0.4 is 0 Å². The number of fused-ring (bicyclic) bond motifs is 22. The van der Waals surface area contributed by atoms with Gasteiger partial charge in [0.25, 0.3) is 0 Å². The minimum atomic E-state index is -0.618. The lowest BCUT2D eigenvalue weighted by Gasteiger charge is -2.48. The summed E-state index contributed by atoms with van der Waals surface area (Å²) in [5, 5.41) is 5.78. The van der Waals surface area contributed by atoms with Crippen LogP contribution in [-0.2, 0) is 10.8 Å². The zero-order valence-electron chi connectivity index (χ0n) is 35.2. The van der Waals surface area contributed by atoms with Crippen LogP contribution in [0.2, 0.25) is 0 Å². The van der Waals surface area contributed by atoms with Crippen LogP contribution in [0.1, 0.15) is 44.5 Å². The van der Waals surface area contributed by atoms with Gasteiger partial charge in [0.1, 0.15) is 0 Å². The smallest absolute Gasteiger partial charge is 0.235 e. The SMILES string of the molecule is c1ccc2c(c1)-c1ccccc1C21c2ccccc2C2(c3ccccc3-c3c2ccc2c4ccccc4n(-c4nc(-c5ccc6ccccc6c5)c5ccccc5n4)c32)c2ccccc21. The minimum absolute atomic E-state index is 0.500. The maximum atomic E-state index is 5.62. The first-order valence-electron chi connectivity index (χ1n) is 22.6. The molecule has 0 N–H and O–H groups in total. The van der Waals surface area contributed by atoms with E-state index in [0.717, 1.165) is 33.2 Å². The van der Waals surface area contributed by atoms with E-state index < -0.39 is 10.8 Å². The molecular weight excluding hydrogens is 787 g/mol. The molecule has 12 aromatic rings. The second kappa shape index (κ2) is 12.6. The van der Waals surface area contributed by atoms with Crippen molar-refractivity contribution in [2.75, 3.05) is 0 Å². The van der Waals surface area contributed by atoms with Crippen LogP contribution in [-0.4, -0.2) is 14.5 Å². The van der Waals surface area contributed by atoms with Crippen molar-refractivity contribution < 1.29 is 0 Å². The Labute approximate surface area is 375 Å². The second-order valence-corrected chi connectivity index (χ2v) is 17.9. The topological polar surface area (TPSA) is 30.7 Å². The number of hydrogen-bond acceptors (Lipinski definition) is 2. The summed E-state index contributed by atoms with van der Waals surface area (Å²) in [6, 6.07) is 83.3. The van der Waals surface area contributed by atoms with Gasteiger partial charge < -0.3 is 0 Å². The summed E-state index contributed by atoms with van der Waals surface area (Å²) < 4.78 is 2.36. The highest BCUT2D eigenvalue weighted by Crippen LogP contribution is 2.68. The summed E-state index contributed by atoms with van der Waals surface area (Å²) >= 11 is 0. The van der Waals surface area contributed by atoms with Gasteiger partial charge in [-0.25, -0.2) is 9.97 Å². The number of para-hydroxylation sites is 2. The highest BCUT2D eigenvalue weighted by Gasteiger charge is 2.59. The Kier molecular flexibility index (Phi) is 6.82. The fourth-order valence-corrected chi connectivity index (χ4v) is 12.7. The number of benzene rings is 10. The Morgan fingerprint density at radius 1 is 0.338 bits per heavy atom. The van der Waals surface area contributed by atoms with Crippen LogP contribution in [0.5, 0.6) is 0 Å². The molecule has 2 aromatic heterocycles. The van der Waals surface area contributed by atoms with Crippen LogP contribution in [0.15, 0.2) is 224 Å². The summed E-state index contributed by atoms with van der Waals surface area (Å²) in [6.45, 7) is 0. The second-order valence-electron chi connectivity index (χ2n) is 17.9. The molecule has 0 fully saturated rings. The largest absolute Gasteiger partial charge is 0.277 e. The highest BCUT2D eigenvalue weighted by molar-refractivity contribution is 6.16. The number of aromatic nitrogens is 3. The Morgan fingerprint density at radius 2 is 0.846 bits per heavy atom. The van der Waals surface area contributed by atoms with Crippen molar-refractivity contribution in [3.8, 4) is 39.5 Å². The molecule has 0 aliphatic heterocycles. The highest BCUT2D eigenvalue weighted by atomic mass is 15.2. The zero-order chi connectivity index (χ0) is 42.4. The van der Waals surface area contributed by atoms with E-state index in [4.69, 9.17) is 9.97 Å². The van der Waals surface area contributed by atoms with Crippen LogP contribution >= 0.6 is 0 Å². The van der Waals surface area contributed by atoms with Gasteiger partial charge in [-0.1, -0.05) is 206 Å². The lowest BCUT2D eigenvalue weighted by molar-refractivity contribution is 0.633. The molecule has 3 aliphatic carbocycles. The fraction of sp³-hybridized carbons (Fsp3) is 0.0323. The summed E-state index contributed by atoms with van der Waals surface area (Å²) in [5.41, 5.74) is 19.6. The van der Waals surface area contributed by atoms with E-state index >= 15 is 0 Å². The summed E-state index contributed by atoms with van der Waals surface area (Å²) in [5.74, 6) is 0.660. The van der Waals surface area contributed by atoms with Crippen LogP contribution in [0, 0.1) is 0 Å². The molecule has 3 heteroatoms. The molecule has 65 heavy (non-hydrogen) atoms. The number of hydrogen-bond donors (Lipinski definition) is 0. The quantitative estimate of drug-likeness (QED) is 0.174. The number of nitrogens with zero attached hydrogens (tertiary/aromatic N) is 3. The predicted octanol–water partition coefficient (Wildman–Crippen LogP) is 14.6. The molecule has 0 radical (unpaired) electrons. The summed E-state index contributed by atoms with van der Waals surface area (Å²) in [6.07, 6.45) is 0. The molecule has 10 aromatic carbocycles. The van der Waals surface area contributed by atoms with Gasteiger partial charge >= 0.3 is 0 Å². The molecule has 0 atom stereocenters. The maximum absolute atomic E-state index is 5.62. The standard InChI is InChI=1S/C62H37N3/c1-2-18-39-37-40(34-33-38(39)17-1)58-46-23-6-15-31-55(46)63-60(64-58)65-56-32-16-7-21-43(56)44-35-36-54-57(59(44)65)45-22-5-10-26-49(45)62(54)52-29-13-11-27-50(52)61(51-28-12-14-30-53(51)62)47-24-8-3-19-41(47)42-20-4-9-25-48(42)61/h1-37H. The maximum Gasteiger partial charge on any atom is 0.235 e. The molecule has 0 saturated heterocycles. The molecule has 0 bridgehead atoms. The number of rotatable bonds is 2. The molecule has 2 heterocycles. The van der Waals surface area contributed by atoms with Gasteiger partial charge in [-0.05, 0) is 90.2 Å². The predicted molar refractivity (Wildman–Crippen MR) is 265 cm³/mol. The summed E-state index contributed by atoms with van der Waals surface area (Å²) in [7, 11) is 0. The van der Waals surface area contributed by atoms with Gasteiger partial charge in [0.15, 0.2) is 0 Å². The minimum Gasteiger partial charge on any atom is -0.277 e. The normalized spacial score (nSPS) is 14.4. The van der Waals surface area contributed by atoms with E-state index in [9.17, 15) is 0 Å². The lowest BCUT2D eigenvalue weighted by Crippen LogP contribution is -2.43. The Bertz CT molecular complexity index is 3940. The van der Waals surface area contributed by atoms with Crippen molar-refractivity contribution in [1.29, 1.82) is 0 Å². The van der Waals surface area contributed by atoms with E-state index in [1.807, 2.05) is 0 Å². The van der Waals surface area contributed by atoms with Gasteiger partial charge in [-0.3, -0.25) is 4.57 Å². The third-order valence-electron chi connectivity index (χ3n) is 15.1. The van der Waals surface area contributed by atoms with Crippen molar-refractivity contribution in [2.45, 2.75) is 10.8 Å². The average Bonchev–Trinajstić information content (AvgIpc) is 3.98. The molecule has 3 nitrogen and oxygen atoms in total. The molecule has 0 amide bonds. The first kappa shape index (κ1) is 35.1. The van der Waals surface area contributed by atoms with Crippen molar-refractivity contribution in [3.05, 3.63) is 269 Å². The van der Waals surface area contributed by atoms with Crippen LogP contribution in [0.3, 0.4) is 0 Å². The first-order valence-corrected chi connectivity index (χ1v) is 22.6. The van der Waals surface area contributed by atoms with E-state index in [1.165, 1.54) is 88.3 Å². The van der Waals surface area contributed by atoms with E-state index in [0.29, 0.717) is 5.95 Å². The van der Waals surface area contributed by atoms with E-state index in [2.05, 4.69) is 229 Å². The Morgan fingerprint density at radius 3 is 1.52 bits per heavy atom. The molecule has 15 rings (SSSR count). The average molecular weight is 824 g/mol. The lowest BCUT2D eigenvalue weighted by atomic mass is 9.52. The van der Waals surface area contributed by atoms with Crippen LogP contribution in [0.4, 0.5) is 0 Å². The molecular formula is C62H37N3. The van der Waals surface area contributed by atoms with Crippen LogP contribution in [0.25, 0.3) is 82.9 Å². The first-order chi connectivity index (χ1) is 32.3. The van der Waals surface area contributed by atoms with Gasteiger partial charge in [0.2, 0.25) is 5.95 Å². The van der Waals surface area contributed by atoms with Crippen molar-refractivity contribution >= 4 is 43.5 Å². The third-order valence-corrected chi connectivity index (χ3v) is 15.1. The summed E-state index contributed by atoms with van der Waals surface area (Å²) in [4.78, 5) is 11.1. The monoisotopic (exact) mass is 823 g/mol. The van der Waals surface area contributed by atoms with E-state index in [1.54, 1.807) is 0 Å². The van der Waals surface area contributed by atoms with Crippen molar-refractivity contribution in [3.63, 3.8) is 0 Å². The van der Waals surface area contributed by atoms with Gasteiger partial charge in [-0.15, -0.1) is 0 Å². The fourth-order valence-electron chi connectivity index (χ4n) is 12.7. The molecule has 300 valence electrons. The van der Waals surface area contributed by atoms with Crippen molar-refractivity contribution in [1.82, 2.24) is 14.5 Å². The molecule has 0 saturated carbocycles. The molecule has 3 aliphatic rings. The molecule has 0 unspecified atom stereocenters. The molecule has 2 spiro atoms. The third kappa shape index (κ3) is 4.26.